The smallest absolute Gasteiger partial charge is 0.101 e. The molecule has 206 valence electrons. The molecule has 0 saturated heterocycles. The third kappa shape index (κ3) is 3.51. The van der Waals surface area contributed by atoms with Gasteiger partial charge in [-0.25, -0.2) is 0 Å². The number of hydrogen-bond acceptors (Lipinski definition) is 4. The SMILES string of the molecule is N#Cc1ccc2c(c1)c1ccccc1n2-c1ccc2sc3c(C#N)cc(-n4c5ccccc5c5cc(C#N)ccc54)cc3c2c1. The van der Waals surface area contributed by atoms with E-state index < -0.39 is 0 Å². The van der Waals surface area contributed by atoms with Crippen LogP contribution in [-0.4, -0.2) is 9.13 Å². The van der Waals surface area contributed by atoms with Crippen LogP contribution in [0.5, 0.6) is 0 Å². The number of nitriles is 3. The Bertz CT molecular complexity index is 2860. The summed E-state index contributed by atoms with van der Waals surface area (Å²) < 4.78 is 6.51. The number of fused-ring (bicyclic) bond motifs is 9. The molecule has 45 heavy (non-hydrogen) atoms. The molecule has 0 saturated carbocycles. The molecule has 0 bridgehead atoms. The van der Waals surface area contributed by atoms with Gasteiger partial charge in [0, 0.05) is 48.4 Å². The van der Waals surface area contributed by atoms with Gasteiger partial charge in [-0.1, -0.05) is 36.4 Å². The van der Waals surface area contributed by atoms with Crippen molar-refractivity contribution in [2.45, 2.75) is 0 Å². The zero-order valence-electron chi connectivity index (χ0n) is 23.6. The molecule has 9 rings (SSSR count). The van der Waals surface area contributed by atoms with Gasteiger partial charge in [-0.2, -0.15) is 15.8 Å². The second kappa shape index (κ2) is 9.30. The predicted octanol–water partition coefficient (Wildman–Crippen LogP) is 9.86. The first-order chi connectivity index (χ1) is 22.2. The highest BCUT2D eigenvalue weighted by atomic mass is 32.1. The Labute approximate surface area is 260 Å². The molecule has 0 amide bonds. The van der Waals surface area contributed by atoms with Crippen molar-refractivity contribution < 1.29 is 0 Å². The summed E-state index contributed by atoms with van der Waals surface area (Å²) >= 11 is 1.64. The van der Waals surface area contributed by atoms with Gasteiger partial charge in [0.15, 0.2) is 0 Å². The predicted molar refractivity (Wildman–Crippen MR) is 182 cm³/mol. The molecule has 3 aromatic heterocycles. The molecule has 0 aliphatic carbocycles. The number of hydrogen-bond donors (Lipinski definition) is 0. The highest BCUT2D eigenvalue weighted by Gasteiger charge is 2.18. The fourth-order valence-electron chi connectivity index (χ4n) is 6.84. The van der Waals surface area contributed by atoms with Crippen LogP contribution < -0.4 is 0 Å². The van der Waals surface area contributed by atoms with Crippen molar-refractivity contribution in [3.63, 3.8) is 0 Å². The summed E-state index contributed by atoms with van der Waals surface area (Å²) in [5.74, 6) is 0. The van der Waals surface area contributed by atoms with Gasteiger partial charge in [-0.05, 0) is 78.9 Å². The van der Waals surface area contributed by atoms with Crippen molar-refractivity contribution in [1.82, 2.24) is 9.13 Å². The van der Waals surface area contributed by atoms with E-state index in [0.717, 1.165) is 75.2 Å². The number of aromatic nitrogens is 2. The van der Waals surface area contributed by atoms with Crippen molar-refractivity contribution in [1.29, 1.82) is 15.8 Å². The van der Waals surface area contributed by atoms with Crippen molar-refractivity contribution in [2.75, 3.05) is 0 Å². The molecule has 6 aromatic carbocycles. The zero-order chi connectivity index (χ0) is 30.2. The second-order valence-corrected chi connectivity index (χ2v) is 12.2. The summed E-state index contributed by atoms with van der Waals surface area (Å²) in [7, 11) is 0. The van der Waals surface area contributed by atoms with Crippen molar-refractivity contribution in [3.8, 4) is 29.6 Å². The molecule has 9 aromatic rings. The van der Waals surface area contributed by atoms with Crippen LogP contribution in [0.1, 0.15) is 16.7 Å². The van der Waals surface area contributed by atoms with E-state index in [1.54, 1.807) is 11.3 Å². The fraction of sp³-hybridized carbons (Fsp3) is 0. The maximum Gasteiger partial charge on any atom is 0.101 e. The van der Waals surface area contributed by atoms with Crippen LogP contribution in [0, 0.1) is 34.0 Å². The second-order valence-electron chi connectivity index (χ2n) is 11.2. The Kier molecular flexibility index (Phi) is 5.20. The topological polar surface area (TPSA) is 81.2 Å². The third-order valence-electron chi connectivity index (χ3n) is 8.78. The van der Waals surface area contributed by atoms with Gasteiger partial charge in [0.1, 0.15) is 6.07 Å². The third-order valence-corrected chi connectivity index (χ3v) is 10.00. The summed E-state index contributed by atoms with van der Waals surface area (Å²) in [6, 6.07) is 45.8. The normalized spacial score (nSPS) is 11.5. The maximum absolute atomic E-state index is 10.3. The minimum atomic E-state index is 0.615. The number of nitrogens with zero attached hydrogens (tertiary/aromatic N) is 5. The van der Waals surface area contributed by atoms with E-state index >= 15 is 0 Å². The molecule has 5 nitrogen and oxygen atoms in total. The summed E-state index contributed by atoms with van der Waals surface area (Å²) in [5, 5.41) is 35.8. The van der Waals surface area contributed by atoms with E-state index in [-0.39, 0.29) is 0 Å². The van der Waals surface area contributed by atoms with Crippen molar-refractivity contribution >= 4 is 75.1 Å². The van der Waals surface area contributed by atoms with Gasteiger partial charge in [0.05, 0.1) is 55.6 Å². The first-order valence-electron chi connectivity index (χ1n) is 14.4. The van der Waals surface area contributed by atoms with Crippen LogP contribution in [0.3, 0.4) is 0 Å². The summed E-state index contributed by atoms with van der Waals surface area (Å²) in [5.41, 5.74) is 7.92. The van der Waals surface area contributed by atoms with Crippen LogP contribution in [0.2, 0.25) is 0 Å². The highest BCUT2D eigenvalue weighted by Crippen LogP contribution is 2.41. The molecule has 0 aliphatic heterocycles. The molecule has 0 fully saturated rings. The molecular formula is C39H19N5S. The Balaban J connectivity index is 1.34. The fourth-order valence-corrected chi connectivity index (χ4v) is 7.97. The molecule has 0 N–H and O–H groups in total. The number of para-hydroxylation sites is 2. The Morgan fingerprint density at radius 1 is 0.444 bits per heavy atom. The summed E-state index contributed by atoms with van der Waals surface area (Å²) in [4.78, 5) is 0. The number of rotatable bonds is 2. The lowest BCUT2D eigenvalue weighted by Crippen LogP contribution is -1.95. The van der Waals surface area contributed by atoms with Crippen LogP contribution in [0.15, 0.2) is 115 Å². The van der Waals surface area contributed by atoms with E-state index in [1.165, 1.54) is 0 Å². The van der Waals surface area contributed by atoms with Gasteiger partial charge >= 0.3 is 0 Å². The minimum Gasteiger partial charge on any atom is -0.309 e. The lowest BCUT2D eigenvalue weighted by molar-refractivity contribution is 1.18. The van der Waals surface area contributed by atoms with Gasteiger partial charge < -0.3 is 9.13 Å². The van der Waals surface area contributed by atoms with E-state index in [9.17, 15) is 15.8 Å². The molecular weight excluding hydrogens is 571 g/mol. The monoisotopic (exact) mass is 589 g/mol. The van der Waals surface area contributed by atoms with Crippen LogP contribution in [0.4, 0.5) is 0 Å². The van der Waals surface area contributed by atoms with Crippen LogP contribution in [-0.2, 0) is 0 Å². The lowest BCUT2D eigenvalue weighted by atomic mass is 10.1. The number of benzene rings is 6. The van der Waals surface area contributed by atoms with Gasteiger partial charge in [-0.15, -0.1) is 11.3 Å². The van der Waals surface area contributed by atoms with E-state index in [0.29, 0.717) is 16.7 Å². The average Bonchev–Trinajstić information content (AvgIpc) is 3.74. The largest absolute Gasteiger partial charge is 0.309 e. The Morgan fingerprint density at radius 2 is 1.00 bits per heavy atom. The summed E-state index contributed by atoms with van der Waals surface area (Å²) in [6.07, 6.45) is 0. The number of thiophene rings is 1. The molecule has 0 aliphatic rings. The van der Waals surface area contributed by atoms with Gasteiger partial charge in [0.25, 0.3) is 0 Å². The first-order valence-corrected chi connectivity index (χ1v) is 15.3. The quantitative estimate of drug-likeness (QED) is 0.201. The van der Waals surface area contributed by atoms with E-state index in [1.807, 2.05) is 66.7 Å². The zero-order valence-corrected chi connectivity index (χ0v) is 24.4. The maximum atomic E-state index is 10.3. The van der Waals surface area contributed by atoms with E-state index in [2.05, 4.69) is 75.9 Å². The molecule has 0 atom stereocenters. The van der Waals surface area contributed by atoms with E-state index in [4.69, 9.17) is 0 Å². The first kappa shape index (κ1) is 25.1. The van der Waals surface area contributed by atoms with Crippen molar-refractivity contribution in [3.05, 3.63) is 132 Å². The van der Waals surface area contributed by atoms with Crippen LogP contribution >= 0.6 is 11.3 Å². The van der Waals surface area contributed by atoms with Gasteiger partial charge in [0.2, 0.25) is 0 Å². The standard InChI is InChI=1S/C39H19N5S/c40-20-23-9-12-36-30(15-23)28-5-1-3-7-34(28)43(36)26-11-14-38-32(18-26)33-19-27(17-25(22-42)39(33)45-38)44-35-8-4-2-6-29(35)31-16-24(21-41)10-13-37(31)44/h1-19H. The molecule has 0 radical (unpaired) electrons. The Morgan fingerprint density at radius 3 is 1.60 bits per heavy atom. The molecule has 0 unspecified atom stereocenters. The van der Waals surface area contributed by atoms with Crippen molar-refractivity contribution in [2.24, 2.45) is 0 Å². The average molecular weight is 590 g/mol. The molecule has 6 heteroatoms. The minimum absolute atomic E-state index is 0.615. The van der Waals surface area contributed by atoms with Crippen LogP contribution in [0.25, 0.3) is 75.2 Å². The molecule has 0 spiro atoms. The lowest BCUT2D eigenvalue weighted by Gasteiger charge is -2.10. The Hall–Kier alpha value is -6.39. The molecule has 3 heterocycles. The van der Waals surface area contributed by atoms with Gasteiger partial charge in [-0.3, -0.25) is 0 Å². The highest BCUT2D eigenvalue weighted by molar-refractivity contribution is 7.26. The summed E-state index contributed by atoms with van der Waals surface area (Å²) in [6.45, 7) is 0.